The zero-order valence-electron chi connectivity index (χ0n) is 12.8. The van der Waals surface area contributed by atoms with Gasteiger partial charge >= 0.3 is 0 Å². The van der Waals surface area contributed by atoms with E-state index in [1.165, 1.54) is 10.4 Å². The van der Waals surface area contributed by atoms with Crippen LogP contribution in [0.25, 0.3) is 0 Å². The van der Waals surface area contributed by atoms with E-state index in [1.54, 1.807) is 0 Å². The molecule has 0 spiro atoms. The fraction of sp³-hybridized carbons (Fsp3) is 0.0500. The Kier molecular flexibility index (Phi) is 5.14. The maximum atomic E-state index is 12.3. The van der Waals surface area contributed by atoms with Gasteiger partial charge in [0, 0.05) is 5.56 Å². The highest BCUT2D eigenvalue weighted by atomic mass is 28.3. The Morgan fingerprint density at radius 1 is 0.696 bits per heavy atom. The number of ketones is 1. The maximum absolute atomic E-state index is 12.3. The van der Waals surface area contributed by atoms with Crippen LogP contribution >= 0.6 is 0 Å². The zero-order valence-corrected chi connectivity index (χ0v) is 13.9. The van der Waals surface area contributed by atoms with E-state index in [0.717, 1.165) is 0 Å². The number of rotatable bonds is 6. The predicted octanol–water partition coefficient (Wildman–Crippen LogP) is 2.42. The highest BCUT2D eigenvalue weighted by Gasteiger charge is 2.19. The second-order valence-electron chi connectivity index (χ2n) is 5.30. The average Bonchev–Trinajstić information content (AvgIpc) is 2.64. The SMILES string of the molecule is O=C(CO[SiH](c1ccccc1)c1ccccc1)c1ccccc1. The molecule has 0 aliphatic carbocycles. The summed E-state index contributed by atoms with van der Waals surface area (Å²) in [6.45, 7) is 0.116. The van der Waals surface area contributed by atoms with Crippen LogP contribution in [-0.4, -0.2) is 21.4 Å². The van der Waals surface area contributed by atoms with Gasteiger partial charge in [0.25, 0.3) is 0 Å². The smallest absolute Gasteiger partial charge is 0.240 e. The molecule has 23 heavy (non-hydrogen) atoms. The van der Waals surface area contributed by atoms with Gasteiger partial charge in [0.2, 0.25) is 9.04 Å². The van der Waals surface area contributed by atoms with Gasteiger partial charge in [0.1, 0.15) is 0 Å². The van der Waals surface area contributed by atoms with E-state index in [9.17, 15) is 4.79 Å². The Labute approximate surface area is 138 Å². The fourth-order valence-corrected chi connectivity index (χ4v) is 4.74. The Hall–Kier alpha value is -2.49. The largest absolute Gasteiger partial charge is 0.403 e. The van der Waals surface area contributed by atoms with Crippen molar-refractivity contribution >= 4 is 25.2 Å². The molecule has 0 amide bonds. The third kappa shape index (κ3) is 4.03. The van der Waals surface area contributed by atoms with Crippen molar-refractivity contribution in [3.05, 3.63) is 96.6 Å². The second-order valence-corrected chi connectivity index (χ2v) is 7.73. The third-order valence-electron chi connectivity index (χ3n) is 3.68. The van der Waals surface area contributed by atoms with Crippen LogP contribution in [0.5, 0.6) is 0 Å². The molecule has 0 heterocycles. The lowest BCUT2D eigenvalue weighted by Crippen LogP contribution is -2.45. The number of hydrogen-bond acceptors (Lipinski definition) is 2. The first kappa shape index (κ1) is 15.4. The molecule has 3 heteroatoms. The number of carbonyl (C=O) groups is 1. The van der Waals surface area contributed by atoms with Crippen molar-refractivity contribution in [3.8, 4) is 0 Å². The molecule has 3 rings (SSSR count). The molecular weight excluding hydrogens is 300 g/mol. The zero-order chi connectivity index (χ0) is 15.9. The van der Waals surface area contributed by atoms with Crippen molar-refractivity contribution in [2.75, 3.05) is 6.61 Å². The lowest BCUT2D eigenvalue weighted by atomic mass is 10.1. The van der Waals surface area contributed by atoms with Gasteiger partial charge in [-0.15, -0.1) is 0 Å². The highest BCUT2D eigenvalue weighted by molar-refractivity contribution is 6.80. The van der Waals surface area contributed by atoms with Gasteiger partial charge in [0.05, 0.1) is 6.61 Å². The number of Topliss-reactive ketones (excluding diaryl/α,β-unsaturated/α-hetero) is 1. The quantitative estimate of drug-likeness (QED) is 0.515. The first-order valence-corrected chi connectivity index (χ1v) is 9.27. The maximum Gasteiger partial charge on any atom is 0.240 e. The molecule has 114 valence electrons. The van der Waals surface area contributed by atoms with Gasteiger partial charge in [-0.3, -0.25) is 4.79 Å². The van der Waals surface area contributed by atoms with Gasteiger partial charge in [0.15, 0.2) is 5.78 Å². The number of carbonyl (C=O) groups excluding carboxylic acids is 1. The van der Waals surface area contributed by atoms with Gasteiger partial charge in [-0.1, -0.05) is 91.0 Å². The molecule has 0 saturated carbocycles. The highest BCUT2D eigenvalue weighted by Crippen LogP contribution is 2.02. The van der Waals surface area contributed by atoms with E-state index >= 15 is 0 Å². The standard InChI is InChI=1S/C20H18O2Si/c21-20(17-10-4-1-5-11-17)16-22-23(18-12-6-2-7-13-18)19-14-8-3-9-15-19/h1-15,23H,16H2. The number of hydrogen-bond donors (Lipinski definition) is 0. The first-order valence-electron chi connectivity index (χ1n) is 7.64. The Bertz CT molecular complexity index is 703. The van der Waals surface area contributed by atoms with Crippen LogP contribution in [0, 0.1) is 0 Å². The van der Waals surface area contributed by atoms with Gasteiger partial charge in [-0.05, 0) is 10.4 Å². The molecule has 0 bridgehead atoms. The average molecular weight is 318 g/mol. The summed E-state index contributed by atoms with van der Waals surface area (Å²) in [5, 5.41) is 2.36. The molecule has 0 atom stereocenters. The molecule has 0 unspecified atom stereocenters. The molecule has 0 fully saturated rings. The molecule has 0 aromatic heterocycles. The molecule has 3 aromatic carbocycles. The van der Waals surface area contributed by atoms with Gasteiger partial charge in [-0.2, -0.15) is 0 Å². The lowest BCUT2D eigenvalue weighted by Gasteiger charge is -2.17. The van der Waals surface area contributed by atoms with Crippen molar-refractivity contribution < 1.29 is 9.22 Å². The summed E-state index contributed by atoms with van der Waals surface area (Å²) in [6.07, 6.45) is 0. The summed E-state index contributed by atoms with van der Waals surface area (Å²) < 4.78 is 6.12. The molecule has 0 radical (unpaired) electrons. The molecule has 3 aromatic rings. The minimum Gasteiger partial charge on any atom is -0.403 e. The Morgan fingerprint density at radius 3 is 1.61 bits per heavy atom. The Balaban J connectivity index is 1.79. The molecule has 0 N–H and O–H groups in total. The monoisotopic (exact) mass is 318 g/mol. The van der Waals surface area contributed by atoms with E-state index < -0.39 is 9.04 Å². The summed E-state index contributed by atoms with van der Waals surface area (Å²) in [5.74, 6) is 0.0231. The number of benzene rings is 3. The van der Waals surface area contributed by atoms with Crippen LogP contribution in [-0.2, 0) is 4.43 Å². The van der Waals surface area contributed by atoms with Crippen LogP contribution in [0.2, 0.25) is 0 Å². The lowest BCUT2D eigenvalue weighted by molar-refractivity contribution is 0.0923. The molecule has 0 aliphatic heterocycles. The summed E-state index contributed by atoms with van der Waals surface area (Å²) in [4.78, 5) is 12.3. The predicted molar refractivity (Wildman–Crippen MR) is 96.0 cm³/mol. The van der Waals surface area contributed by atoms with Gasteiger partial charge in [-0.25, -0.2) is 0 Å². The normalized spacial score (nSPS) is 10.7. The topological polar surface area (TPSA) is 26.3 Å². The van der Waals surface area contributed by atoms with Crippen molar-refractivity contribution in [3.63, 3.8) is 0 Å². The van der Waals surface area contributed by atoms with Crippen molar-refractivity contribution in [1.29, 1.82) is 0 Å². The summed E-state index contributed by atoms with van der Waals surface area (Å²) >= 11 is 0. The molecule has 0 aliphatic rings. The first-order chi connectivity index (χ1) is 11.3. The van der Waals surface area contributed by atoms with Gasteiger partial charge < -0.3 is 4.43 Å². The van der Waals surface area contributed by atoms with Crippen molar-refractivity contribution in [2.45, 2.75) is 0 Å². The van der Waals surface area contributed by atoms with Crippen LogP contribution in [0.4, 0.5) is 0 Å². The molecule has 0 saturated heterocycles. The van der Waals surface area contributed by atoms with Crippen LogP contribution < -0.4 is 10.4 Å². The van der Waals surface area contributed by atoms with E-state index in [2.05, 4.69) is 24.3 Å². The minimum absolute atomic E-state index is 0.0231. The van der Waals surface area contributed by atoms with E-state index in [0.29, 0.717) is 5.56 Å². The molecule has 2 nitrogen and oxygen atoms in total. The van der Waals surface area contributed by atoms with E-state index in [4.69, 9.17) is 4.43 Å². The molecular formula is C20H18O2Si. The van der Waals surface area contributed by atoms with Crippen molar-refractivity contribution in [2.24, 2.45) is 0 Å². The van der Waals surface area contributed by atoms with E-state index in [1.807, 2.05) is 66.7 Å². The fourth-order valence-electron chi connectivity index (χ4n) is 2.51. The minimum atomic E-state index is -1.85. The van der Waals surface area contributed by atoms with Crippen molar-refractivity contribution in [1.82, 2.24) is 0 Å². The van der Waals surface area contributed by atoms with Crippen LogP contribution in [0.3, 0.4) is 0 Å². The Morgan fingerprint density at radius 2 is 1.13 bits per heavy atom. The summed E-state index contributed by atoms with van der Waals surface area (Å²) in [5.41, 5.74) is 0.696. The van der Waals surface area contributed by atoms with E-state index in [-0.39, 0.29) is 12.4 Å². The second kappa shape index (κ2) is 7.67. The van der Waals surface area contributed by atoms with Crippen LogP contribution in [0.1, 0.15) is 10.4 Å². The summed E-state index contributed by atoms with van der Waals surface area (Å²) in [6, 6.07) is 29.7. The summed E-state index contributed by atoms with van der Waals surface area (Å²) in [7, 11) is -1.85. The third-order valence-corrected chi connectivity index (χ3v) is 6.16. The van der Waals surface area contributed by atoms with Crippen LogP contribution in [0.15, 0.2) is 91.0 Å².